The summed E-state index contributed by atoms with van der Waals surface area (Å²) in [5, 5.41) is 2.91. The highest BCUT2D eigenvalue weighted by Gasteiger charge is 2.14. The normalized spacial score (nSPS) is 12.8. The van der Waals surface area contributed by atoms with Gasteiger partial charge in [-0.15, -0.1) is 11.3 Å². The maximum Gasteiger partial charge on any atom is 0.246 e. The lowest BCUT2D eigenvalue weighted by molar-refractivity contribution is -0.125. The first-order valence-electron chi connectivity index (χ1n) is 6.85. The zero-order chi connectivity index (χ0) is 15.5. The monoisotopic (exact) mass is 316 g/mol. The van der Waals surface area contributed by atoms with E-state index < -0.39 is 0 Å². The Labute approximate surface area is 132 Å². The molecule has 1 amide bonds. The molecule has 0 aliphatic carbocycles. The van der Waals surface area contributed by atoms with Gasteiger partial charge in [0.1, 0.15) is 0 Å². The number of amides is 1. The van der Waals surface area contributed by atoms with Gasteiger partial charge in [-0.25, -0.2) is 4.98 Å². The Kier molecular flexibility index (Phi) is 4.11. The Balaban J connectivity index is 1.62. The van der Waals surface area contributed by atoms with E-state index in [9.17, 15) is 4.79 Å². The van der Waals surface area contributed by atoms with E-state index in [0.29, 0.717) is 6.54 Å². The van der Waals surface area contributed by atoms with Crippen molar-refractivity contribution in [3.63, 3.8) is 0 Å². The SMILES string of the molecule is Cc1nc(/C=C/C(=O)N(C)Cc2ccc3c(c2)OCO3)cs1. The minimum Gasteiger partial charge on any atom is -0.454 e. The van der Waals surface area contributed by atoms with Gasteiger partial charge in [0.25, 0.3) is 0 Å². The molecular formula is C16H16N2O3S. The molecule has 114 valence electrons. The van der Waals surface area contributed by atoms with Crippen molar-refractivity contribution in [3.05, 3.63) is 45.9 Å². The van der Waals surface area contributed by atoms with Gasteiger partial charge in [-0.1, -0.05) is 6.07 Å². The molecule has 1 aliphatic rings. The number of hydrogen-bond donors (Lipinski definition) is 0. The van der Waals surface area contributed by atoms with Gasteiger partial charge in [0.2, 0.25) is 12.7 Å². The quantitative estimate of drug-likeness (QED) is 0.814. The van der Waals surface area contributed by atoms with Crippen molar-refractivity contribution in [1.82, 2.24) is 9.88 Å². The number of aromatic nitrogens is 1. The molecule has 0 spiro atoms. The van der Waals surface area contributed by atoms with Gasteiger partial charge in [-0.05, 0) is 30.7 Å². The highest BCUT2D eigenvalue weighted by molar-refractivity contribution is 7.09. The molecule has 0 bridgehead atoms. The predicted molar refractivity (Wildman–Crippen MR) is 84.9 cm³/mol. The van der Waals surface area contributed by atoms with Gasteiger partial charge in [0, 0.05) is 25.0 Å². The maximum atomic E-state index is 12.1. The molecule has 0 N–H and O–H groups in total. The number of fused-ring (bicyclic) bond motifs is 1. The first-order valence-corrected chi connectivity index (χ1v) is 7.73. The molecule has 1 aromatic heterocycles. The molecule has 6 heteroatoms. The summed E-state index contributed by atoms with van der Waals surface area (Å²) in [6.07, 6.45) is 3.28. The third-order valence-electron chi connectivity index (χ3n) is 3.27. The number of thiazole rings is 1. The molecule has 22 heavy (non-hydrogen) atoms. The van der Waals surface area contributed by atoms with Crippen molar-refractivity contribution < 1.29 is 14.3 Å². The summed E-state index contributed by atoms with van der Waals surface area (Å²) in [6, 6.07) is 5.70. The second kappa shape index (κ2) is 6.19. The fourth-order valence-corrected chi connectivity index (χ4v) is 2.71. The number of aryl methyl sites for hydroxylation is 1. The highest BCUT2D eigenvalue weighted by atomic mass is 32.1. The van der Waals surface area contributed by atoms with Crippen molar-refractivity contribution >= 4 is 23.3 Å². The highest BCUT2D eigenvalue weighted by Crippen LogP contribution is 2.32. The summed E-state index contributed by atoms with van der Waals surface area (Å²) >= 11 is 1.57. The summed E-state index contributed by atoms with van der Waals surface area (Å²) in [5.74, 6) is 1.41. The third-order valence-corrected chi connectivity index (χ3v) is 4.06. The molecule has 1 aromatic carbocycles. The van der Waals surface area contributed by atoms with Crippen molar-refractivity contribution in [2.24, 2.45) is 0 Å². The van der Waals surface area contributed by atoms with Crippen LogP contribution in [-0.2, 0) is 11.3 Å². The fraction of sp³-hybridized carbons (Fsp3) is 0.250. The lowest BCUT2D eigenvalue weighted by Crippen LogP contribution is -2.24. The van der Waals surface area contributed by atoms with E-state index >= 15 is 0 Å². The molecule has 2 heterocycles. The first kappa shape index (κ1) is 14.6. The minimum atomic E-state index is -0.0664. The second-order valence-electron chi connectivity index (χ2n) is 5.01. The van der Waals surface area contributed by atoms with Gasteiger partial charge in [-0.2, -0.15) is 0 Å². The van der Waals surface area contributed by atoms with E-state index in [1.807, 2.05) is 30.5 Å². The van der Waals surface area contributed by atoms with Crippen LogP contribution in [0.3, 0.4) is 0 Å². The van der Waals surface area contributed by atoms with Gasteiger partial charge < -0.3 is 14.4 Å². The Hall–Kier alpha value is -2.34. The van der Waals surface area contributed by atoms with E-state index in [-0.39, 0.29) is 12.7 Å². The lowest BCUT2D eigenvalue weighted by atomic mass is 10.2. The molecule has 2 aromatic rings. The fourth-order valence-electron chi connectivity index (χ4n) is 2.13. The van der Waals surface area contributed by atoms with Gasteiger partial charge >= 0.3 is 0 Å². The van der Waals surface area contributed by atoms with Crippen LogP contribution in [0.25, 0.3) is 6.08 Å². The van der Waals surface area contributed by atoms with Crippen LogP contribution in [-0.4, -0.2) is 29.6 Å². The van der Waals surface area contributed by atoms with Gasteiger partial charge in [-0.3, -0.25) is 4.79 Å². The van der Waals surface area contributed by atoms with Gasteiger partial charge in [0.15, 0.2) is 11.5 Å². The number of carbonyl (C=O) groups is 1. The number of benzene rings is 1. The molecule has 0 atom stereocenters. The molecule has 0 saturated carbocycles. The van der Waals surface area contributed by atoms with E-state index in [2.05, 4.69) is 4.98 Å². The minimum absolute atomic E-state index is 0.0664. The van der Waals surface area contributed by atoms with E-state index in [0.717, 1.165) is 27.8 Å². The van der Waals surface area contributed by atoms with Crippen LogP contribution in [0.4, 0.5) is 0 Å². The number of nitrogens with zero attached hydrogens (tertiary/aromatic N) is 2. The van der Waals surface area contributed by atoms with Crippen LogP contribution in [0.1, 0.15) is 16.3 Å². The molecule has 5 nitrogen and oxygen atoms in total. The zero-order valence-electron chi connectivity index (χ0n) is 12.4. The largest absolute Gasteiger partial charge is 0.454 e. The number of ether oxygens (including phenoxy) is 2. The number of hydrogen-bond acceptors (Lipinski definition) is 5. The smallest absolute Gasteiger partial charge is 0.246 e. The van der Waals surface area contributed by atoms with Crippen LogP contribution < -0.4 is 9.47 Å². The average molecular weight is 316 g/mol. The van der Waals surface area contributed by atoms with Crippen molar-refractivity contribution in [1.29, 1.82) is 0 Å². The Morgan fingerprint density at radius 3 is 3.00 bits per heavy atom. The molecule has 0 radical (unpaired) electrons. The molecule has 0 saturated heterocycles. The lowest BCUT2D eigenvalue weighted by Gasteiger charge is -2.15. The summed E-state index contributed by atoms with van der Waals surface area (Å²) in [6.45, 7) is 2.70. The standard InChI is InChI=1S/C16H16N2O3S/c1-11-17-13(9-22-11)4-6-16(19)18(2)8-12-3-5-14-15(7-12)21-10-20-14/h3-7,9H,8,10H2,1-2H3/b6-4+. The summed E-state index contributed by atoms with van der Waals surface area (Å²) in [7, 11) is 1.77. The molecular weight excluding hydrogens is 300 g/mol. The van der Waals surface area contributed by atoms with Crippen molar-refractivity contribution in [2.45, 2.75) is 13.5 Å². The summed E-state index contributed by atoms with van der Waals surface area (Å²) in [5.41, 5.74) is 1.81. The van der Waals surface area contributed by atoms with Crippen LogP contribution in [0.2, 0.25) is 0 Å². The van der Waals surface area contributed by atoms with E-state index in [1.54, 1.807) is 35.4 Å². The number of rotatable bonds is 4. The second-order valence-corrected chi connectivity index (χ2v) is 6.07. The van der Waals surface area contributed by atoms with E-state index in [4.69, 9.17) is 9.47 Å². The first-order chi connectivity index (χ1) is 10.6. The van der Waals surface area contributed by atoms with Crippen molar-refractivity contribution in [2.75, 3.05) is 13.8 Å². The average Bonchev–Trinajstić information content (AvgIpc) is 3.12. The van der Waals surface area contributed by atoms with Crippen LogP contribution in [0, 0.1) is 6.92 Å². The van der Waals surface area contributed by atoms with Crippen LogP contribution >= 0.6 is 11.3 Å². The summed E-state index contributed by atoms with van der Waals surface area (Å²) in [4.78, 5) is 18.1. The summed E-state index contributed by atoms with van der Waals surface area (Å²) < 4.78 is 10.6. The molecule has 0 unspecified atom stereocenters. The Bertz CT molecular complexity index is 724. The topological polar surface area (TPSA) is 51.7 Å². The van der Waals surface area contributed by atoms with E-state index in [1.165, 1.54) is 0 Å². The predicted octanol–water partition coefficient (Wildman–Crippen LogP) is 2.85. The number of likely N-dealkylation sites (N-methyl/N-ethyl adjacent to an activating group) is 1. The molecule has 1 aliphatic heterocycles. The maximum absolute atomic E-state index is 12.1. The van der Waals surface area contributed by atoms with Crippen LogP contribution in [0.5, 0.6) is 11.5 Å². The molecule has 0 fully saturated rings. The Morgan fingerprint density at radius 1 is 1.41 bits per heavy atom. The zero-order valence-corrected chi connectivity index (χ0v) is 13.2. The van der Waals surface area contributed by atoms with Gasteiger partial charge in [0.05, 0.1) is 10.7 Å². The number of carbonyl (C=O) groups excluding carboxylic acids is 1. The van der Waals surface area contributed by atoms with Crippen molar-refractivity contribution in [3.8, 4) is 11.5 Å². The molecule has 3 rings (SSSR count). The third kappa shape index (κ3) is 3.28. The van der Waals surface area contributed by atoms with Crippen LogP contribution in [0.15, 0.2) is 29.7 Å². The Morgan fingerprint density at radius 2 is 2.23 bits per heavy atom.